The maximum atomic E-state index is 14.1. The lowest BCUT2D eigenvalue weighted by Crippen LogP contribution is -2.03. The Bertz CT molecular complexity index is 1000. The summed E-state index contributed by atoms with van der Waals surface area (Å²) in [4.78, 5) is 16.7. The van der Waals surface area contributed by atoms with E-state index in [2.05, 4.69) is 25.3 Å². The molecule has 7 heteroatoms. The molecule has 5 nitrogen and oxygen atoms in total. The standard InChI is InChI=1S/C18H13F2N5/c1-10-4-12(19)2-3-14(10)17-23-8-15(20)18(25-17)24-13-5-11-6-21-9-16(11)22-7-13/h2-8H,9H2,1H3,(H,23,24,25). The molecule has 1 aromatic carbocycles. The van der Waals surface area contributed by atoms with E-state index < -0.39 is 5.82 Å². The highest BCUT2D eigenvalue weighted by Gasteiger charge is 2.13. The van der Waals surface area contributed by atoms with Gasteiger partial charge in [0.05, 0.1) is 30.3 Å². The van der Waals surface area contributed by atoms with Gasteiger partial charge in [-0.05, 0) is 36.8 Å². The number of pyridine rings is 1. The Morgan fingerprint density at radius 1 is 1.08 bits per heavy atom. The van der Waals surface area contributed by atoms with E-state index in [0.29, 0.717) is 29.2 Å². The largest absolute Gasteiger partial charge is 0.336 e. The number of nitrogens with one attached hydrogen (secondary N) is 1. The number of anilines is 2. The minimum absolute atomic E-state index is 0.0328. The Labute approximate surface area is 142 Å². The Morgan fingerprint density at radius 2 is 1.96 bits per heavy atom. The average molecular weight is 337 g/mol. The highest BCUT2D eigenvalue weighted by Crippen LogP contribution is 2.25. The molecule has 0 unspecified atom stereocenters. The maximum Gasteiger partial charge on any atom is 0.184 e. The van der Waals surface area contributed by atoms with Crippen molar-refractivity contribution in [2.75, 3.05) is 5.32 Å². The molecule has 1 aliphatic heterocycles. The zero-order chi connectivity index (χ0) is 17.4. The summed E-state index contributed by atoms with van der Waals surface area (Å²) in [5, 5.41) is 2.92. The number of fused-ring (bicyclic) bond motifs is 1. The van der Waals surface area contributed by atoms with Gasteiger partial charge in [0, 0.05) is 17.3 Å². The number of rotatable bonds is 3. The van der Waals surface area contributed by atoms with Crippen molar-refractivity contribution in [2.45, 2.75) is 13.5 Å². The van der Waals surface area contributed by atoms with Gasteiger partial charge in [0.1, 0.15) is 5.82 Å². The first-order chi connectivity index (χ1) is 12.1. The minimum Gasteiger partial charge on any atom is -0.336 e. The maximum absolute atomic E-state index is 14.1. The molecule has 2 aromatic heterocycles. The molecule has 3 aromatic rings. The monoisotopic (exact) mass is 337 g/mol. The number of hydrogen-bond acceptors (Lipinski definition) is 5. The van der Waals surface area contributed by atoms with Gasteiger partial charge in [-0.3, -0.25) is 9.98 Å². The molecule has 0 aliphatic carbocycles. The fraction of sp³-hybridized carbons (Fsp3) is 0.111. The van der Waals surface area contributed by atoms with Crippen LogP contribution in [0.15, 0.2) is 41.7 Å². The number of halogens is 2. The first-order valence-corrected chi connectivity index (χ1v) is 7.65. The van der Waals surface area contributed by atoms with Gasteiger partial charge in [-0.25, -0.2) is 18.7 Å². The second-order valence-electron chi connectivity index (χ2n) is 5.70. The van der Waals surface area contributed by atoms with Gasteiger partial charge in [0.2, 0.25) is 0 Å². The molecule has 0 amide bonds. The molecule has 4 rings (SSSR count). The fourth-order valence-corrected chi connectivity index (χ4v) is 2.65. The Kier molecular flexibility index (Phi) is 3.68. The van der Waals surface area contributed by atoms with Crippen LogP contribution >= 0.6 is 0 Å². The van der Waals surface area contributed by atoms with E-state index in [1.807, 2.05) is 6.07 Å². The van der Waals surface area contributed by atoms with Crippen LogP contribution in [0.2, 0.25) is 0 Å². The topological polar surface area (TPSA) is 63.1 Å². The summed E-state index contributed by atoms with van der Waals surface area (Å²) >= 11 is 0. The first kappa shape index (κ1) is 15.3. The quantitative estimate of drug-likeness (QED) is 0.789. The molecular weight excluding hydrogens is 324 g/mol. The zero-order valence-electron chi connectivity index (χ0n) is 13.3. The van der Waals surface area contributed by atoms with Crippen LogP contribution in [0.5, 0.6) is 0 Å². The third kappa shape index (κ3) is 2.96. The van der Waals surface area contributed by atoms with E-state index in [1.54, 1.807) is 25.4 Å². The number of aliphatic imine (C=N–C) groups is 1. The van der Waals surface area contributed by atoms with E-state index in [1.165, 1.54) is 12.1 Å². The van der Waals surface area contributed by atoms with Crippen molar-refractivity contribution in [2.24, 2.45) is 4.99 Å². The Morgan fingerprint density at radius 3 is 2.80 bits per heavy atom. The highest BCUT2D eigenvalue weighted by atomic mass is 19.1. The van der Waals surface area contributed by atoms with E-state index in [4.69, 9.17) is 0 Å². The van der Waals surface area contributed by atoms with Crippen LogP contribution in [-0.4, -0.2) is 21.2 Å². The van der Waals surface area contributed by atoms with E-state index in [-0.39, 0.29) is 11.6 Å². The minimum atomic E-state index is -0.585. The van der Waals surface area contributed by atoms with Crippen LogP contribution < -0.4 is 5.32 Å². The van der Waals surface area contributed by atoms with Crippen LogP contribution in [0.25, 0.3) is 11.4 Å². The smallest absolute Gasteiger partial charge is 0.184 e. The molecule has 1 N–H and O–H groups in total. The Hall–Kier alpha value is -3.22. The van der Waals surface area contributed by atoms with Crippen molar-refractivity contribution >= 4 is 17.7 Å². The zero-order valence-corrected chi connectivity index (χ0v) is 13.3. The van der Waals surface area contributed by atoms with Gasteiger partial charge < -0.3 is 5.32 Å². The lowest BCUT2D eigenvalue weighted by Gasteiger charge is -2.10. The third-order valence-electron chi connectivity index (χ3n) is 3.91. The molecule has 0 fully saturated rings. The molecule has 0 bridgehead atoms. The summed E-state index contributed by atoms with van der Waals surface area (Å²) in [6.07, 6.45) is 4.44. The van der Waals surface area contributed by atoms with Gasteiger partial charge >= 0.3 is 0 Å². The van der Waals surface area contributed by atoms with Crippen LogP contribution in [0.1, 0.15) is 16.8 Å². The molecule has 0 atom stereocenters. The van der Waals surface area contributed by atoms with Crippen molar-refractivity contribution < 1.29 is 8.78 Å². The van der Waals surface area contributed by atoms with Gasteiger partial charge in [0.25, 0.3) is 0 Å². The lowest BCUT2D eigenvalue weighted by atomic mass is 10.1. The molecule has 25 heavy (non-hydrogen) atoms. The molecule has 0 radical (unpaired) electrons. The SMILES string of the molecule is Cc1cc(F)ccc1-c1ncc(F)c(Nc2cnc3c(c2)C=NC3)n1. The molecule has 1 aliphatic rings. The van der Waals surface area contributed by atoms with Gasteiger partial charge in [-0.15, -0.1) is 0 Å². The summed E-state index contributed by atoms with van der Waals surface area (Å²) in [7, 11) is 0. The van der Waals surface area contributed by atoms with E-state index in [0.717, 1.165) is 17.5 Å². The van der Waals surface area contributed by atoms with Crippen LogP contribution in [-0.2, 0) is 6.54 Å². The summed E-state index contributed by atoms with van der Waals surface area (Å²) in [5.74, 6) is -0.576. The molecule has 0 saturated carbocycles. The van der Waals surface area contributed by atoms with Gasteiger partial charge in [-0.1, -0.05) is 0 Å². The summed E-state index contributed by atoms with van der Waals surface area (Å²) in [5.41, 5.74) is 3.70. The van der Waals surface area contributed by atoms with Crippen molar-refractivity contribution in [3.63, 3.8) is 0 Å². The second kappa shape index (κ2) is 6.01. The number of nitrogens with zero attached hydrogens (tertiary/aromatic N) is 4. The number of benzene rings is 1. The number of aryl methyl sites for hydroxylation is 1. The third-order valence-corrected chi connectivity index (χ3v) is 3.91. The Balaban J connectivity index is 1.69. The van der Waals surface area contributed by atoms with Gasteiger partial charge in [-0.2, -0.15) is 0 Å². The lowest BCUT2D eigenvalue weighted by molar-refractivity contribution is 0.619. The molecule has 124 valence electrons. The van der Waals surface area contributed by atoms with E-state index >= 15 is 0 Å². The van der Waals surface area contributed by atoms with E-state index in [9.17, 15) is 8.78 Å². The predicted molar refractivity (Wildman–Crippen MR) is 90.9 cm³/mol. The van der Waals surface area contributed by atoms with Gasteiger partial charge in [0.15, 0.2) is 17.5 Å². The average Bonchev–Trinajstić information content (AvgIpc) is 3.05. The molecular formula is C18H13F2N5. The summed E-state index contributed by atoms with van der Waals surface area (Å²) in [6, 6.07) is 6.13. The first-order valence-electron chi connectivity index (χ1n) is 7.65. The number of aromatic nitrogens is 3. The van der Waals surface area contributed by atoms with Crippen molar-refractivity contribution in [3.05, 3.63) is 65.1 Å². The summed E-state index contributed by atoms with van der Waals surface area (Å²) in [6.45, 7) is 2.31. The predicted octanol–water partition coefficient (Wildman–Crippen LogP) is 3.80. The van der Waals surface area contributed by atoms with Crippen LogP contribution in [0.4, 0.5) is 20.3 Å². The normalized spacial score (nSPS) is 12.3. The molecule has 0 spiro atoms. The number of hydrogen-bond donors (Lipinski definition) is 1. The second-order valence-corrected chi connectivity index (χ2v) is 5.70. The molecule has 0 saturated heterocycles. The van der Waals surface area contributed by atoms with Crippen molar-refractivity contribution in [3.8, 4) is 11.4 Å². The fourth-order valence-electron chi connectivity index (χ4n) is 2.65. The molecule has 3 heterocycles. The van der Waals surface area contributed by atoms with Crippen molar-refractivity contribution in [1.82, 2.24) is 15.0 Å². The summed E-state index contributed by atoms with van der Waals surface area (Å²) < 4.78 is 27.4. The highest BCUT2D eigenvalue weighted by molar-refractivity contribution is 5.85. The van der Waals surface area contributed by atoms with Crippen LogP contribution in [0, 0.1) is 18.6 Å². The van der Waals surface area contributed by atoms with Crippen molar-refractivity contribution in [1.29, 1.82) is 0 Å². The van der Waals surface area contributed by atoms with Crippen LogP contribution in [0.3, 0.4) is 0 Å².